The first-order chi connectivity index (χ1) is 15.3. The van der Waals surface area contributed by atoms with Gasteiger partial charge in [0, 0.05) is 37.3 Å². The molecule has 2 aliphatic heterocycles. The molecule has 0 unspecified atom stereocenters. The highest BCUT2D eigenvalue weighted by Crippen LogP contribution is 2.27. The summed E-state index contributed by atoms with van der Waals surface area (Å²) in [5.41, 5.74) is 0.726. The molecule has 0 radical (unpaired) electrons. The van der Waals surface area contributed by atoms with Crippen molar-refractivity contribution in [1.29, 1.82) is 0 Å². The maximum Gasteiger partial charge on any atom is 0.240 e. The van der Waals surface area contributed by atoms with Gasteiger partial charge in [0.05, 0.1) is 10.9 Å². The van der Waals surface area contributed by atoms with Crippen LogP contribution in [0.25, 0.3) is 0 Å². The Morgan fingerprint density at radius 1 is 1.12 bits per heavy atom. The minimum Gasteiger partial charge on any atom is -0.353 e. The molecule has 3 N–H and O–H groups in total. The summed E-state index contributed by atoms with van der Waals surface area (Å²) in [5, 5.41) is 5.72. The van der Waals surface area contributed by atoms with Crippen molar-refractivity contribution in [1.82, 2.24) is 14.9 Å². The highest BCUT2D eigenvalue weighted by atomic mass is 32.2. The van der Waals surface area contributed by atoms with Gasteiger partial charge in [0.15, 0.2) is 0 Å². The first-order valence-electron chi connectivity index (χ1n) is 10.5. The van der Waals surface area contributed by atoms with E-state index in [4.69, 9.17) is 0 Å². The lowest BCUT2D eigenvalue weighted by Crippen LogP contribution is -2.57. The lowest BCUT2D eigenvalue weighted by molar-refractivity contribution is -0.129. The van der Waals surface area contributed by atoms with Crippen LogP contribution in [0.5, 0.6) is 0 Å². The third-order valence-corrected chi connectivity index (χ3v) is 7.37. The Balaban J connectivity index is 1.37. The van der Waals surface area contributed by atoms with E-state index in [0.29, 0.717) is 25.9 Å². The molecule has 2 aliphatic rings. The van der Waals surface area contributed by atoms with E-state index in [1.807, 2.05) is 35.2 Å². The molecule has 2 fully saturated rings. The minimum absolute atomic E-state index is 0.0256. The number of sulfonamides is 1. The number of piperazine rings is 1. The molecule has 8 nitrogen and oxygen atoms in total. The third kappa shape index (κ3) is 5.14. The Hall–Kier alpha value is -2.82. The molecular weight excluding hydrogens is 435 g/mol. The summed E-state index contributed by atoms with van der Waals surface area (Å²) < 4.78 is 41.1. The number of carbonyl (C=O) groups excluding carboxylic acids is 2. The lowest BCUT2D eigenvalue weighted by atomic mass is 10.0. The molecule has 2 aromatic rings. The van der Waals surface area contributed by atoms with Gasteiger partial charge in [0.1, 0.15) is 5.82 Å². The van der Waals surface area contributed by atoms with E-state index in [0.717, 1.165) is 17.8 Å². The van der Waals surface area contributed by atoms with Crippen LogP contribution in [0.15, 0.2) is 59.5 Å². The fraction of sp³-hybridized carbons (Fsp3) is 0.364. The van der Waals surface area contributed by atoms with Crippen molar-refractivity contribution in [3.05, 3.63) is 60.4 Å². The van der Waals surface area contributed by atoms with Gasteiger partial charge in [-0.25, -0.2) is 17.5 Å². The number of nitrogens with one attached hydrogen (secondary N) is 3. The Morgan fingerprint density at radius 2 is 1.84 bits per heavy atom. The van der Waals surface area contributed by atoms with Crippen molar-refractivity contribution in [2.24, 2.45) is 0 Å². The van der Waals surface area contributed by atoms with Crippen LogP contribution in [0.1, 0.15) is 19.3 Å². The molecule has 170 valence electrons. The number of anilines is 1. The monoisotopic (exact) mass is 460 g/mol. The van der Waals surface area contributed by atoms with Gasteiger partial charge in [-0.05, 0) is 49.2 Å². The quantitative estimate of drug-likeness (QED) is 0.580. The number of hydrogen-bond acceptors (Lipinski definition) is 5. The molecular formula is C22H25FN4O4S. The Morgan fingerprint density at radius 3 is 2.56 bits per heavy atom. The number of benzene rings is 2. The molecule has 3 atom stereocenters. The van der Waals surface area contributed by atoms with Gasteiger partial charge < -0.3 is 10.6 Å². The second kappa shape index (κ2) is 9.35. The van der Waals surface area contributed by atoms with Gasteiger partial charge in [-0.2, -0.15) is 0 Å². The number of rotatable bonds is 7. The highest BCUT2D eigenvalue weighted by Gasteiger charge is 2.44. The topological polar surface area (TPSA) is 108 Å². The molecule has 0 bridgehead atoms. The summed E-state index contributed by atoms with van der Waals surface area (Å²) in [4.78, 5) is 26.6. The van der Waals surface area contributed by atoms with Crippen LogP contribution in [0.2, 0.25) is 0 Å². The van der Waals surface area contributed by atoms with Gasteiger partial charge in [-0.1, -0.05) is 18.2 Å². The zero-order chi connectivity index (χ0) is 22.7. The summed E-state index contributed by atoms with van der Waals surface area (Å²) >= 11 is 0. The molecule has 2 amide bonds. The summed E-state index contributed by atoms with van der Waals surface area (Å²) in [6, 6.07) is 12.8. The second-order valence-electron chi connectivity index (χ2n) is 8.07. The van der Waals surface area contributed by atoms with Crippen LogP contribution >= 0.6 is 0 Å². The number of hydrogen-bond donors (Lipinski definition) is 3. The highest BCUT2D eigenvalue weighted by molar-refractivity contribution is 7.89. The Kier molecular flexibility index (Phi) is 6.54. The van der Waals surface area contributed by atoms with Gasteiger partial charge in [0.2, 0.25) is 21.8 Å². The molecule has 32 heavy (non-hydrogen) atoms. The second-order valence-corrected chi connectivity index (χ2v) is 9.79. The summed E-state index contributed by atoms with van der Waals surface area (Å²) in [6.45, 7) is 0.773. The molecule has 2 heterocycles. The zero-order valence-corrected chi connectivity index (χ0v) is 18.1. The van der Waals surface area contributed by atoms with Crippen LogP contribution in [0, 0.1) is 5.82 Å². The van der Waals surface area contributed by atoms with Gasteiger partial charge in [-0.15, -0.1) is 0 Å². The van der Waals surface area contributed by atoms with Gasteiger partial charge in [-0.3, -0.25) is 14.5 Å². The average molecular weight is 461 g/mol. The van der Waals surface area contributed by atoms with E-state index in [2.05, 4.69) is 15.4 Å². The lowest BCUT2D eigenvalue weighted by Gasteiger charge is -2.37. The first kappa shape index (κ1) is 22.4. The Labute approximate surface area is 186 Å². The first-order valence-corrected chi connectivity index (χ1v) is 12.0. The van der Waals surface area contributed by atoms with Crippen LogP contribution in [-0.4, -0.2) is 56.3 Å². The predicted octanol–water partition coefficient (Wildman–Crippen LogP) is 1.46. The standard InChI is InChI=1S/C22H25FN4O4S/c23-15-6-9-19(10-7-15)32(30,31)26-17-12-20-22(29)24-13-18(27(20)14-17)8-11-21(28)25-16-4-2-1-3-5-16/h1-7,9-10,17-18,20,26H,8,11-14H2,(H,24,29)(H,25,28)/t17-,18+,20-/m0/s1. The molecule has 10 heteroatoms. The number of para-hydroxylation sites is 1. The molecule has 4 rings (SSSR count). The fourth-order valence-electron chi connectivity index (χ4n) is 4.27. The summed E-state index contributed by atoms with van der Waals surface area (Å²) in [6.07, 6.45) is 1.15. The van der Waals surface area contributed by atoms with Crippen molar-refractivity contribution in [3.8, 4) is 0 Å². The van der Waals surface area contributed by atoms with E-state index in [1.165, 1.54) is 12.1 Å². The van der Waals surface area contributed by atoms with Crippen molar-refractivity contribution >= 4 is 27.5 Å². The van der Waals surface area contributed by atoms with Crippen LogP contribution in [0.3, 0.4) is 0 Å². The van der Waals surface area contributed by atoms with Gasteiger partial charge in [0.25, 0.3) is 0 Å². The predicted molar refractivity (Wildman–Crippen MR) is 117 cm³/mol. The van der Waals surface area contributed by atoms with Crippen molar-refractivity contribution < 1.29 is 22.4 Å². The van der Waals surface area contributed by atoms with Crippen LogP contribution in [0.4, 0.5) is 10.1 Å². The Bertz CT molecular complexity index is 1080. The summed E-state index contributed by atoms with van der Waals surface area (Å²) in [5.74, 6) is -0.770. The number of carbonyl (C=O) groups is 2. The number of nitrogens with zero attached hydrogens (tertiary/aromatic N) is 1. The molecule has 0 aliphatic carbocycles. The average Bonchev–Trinajstić information content (AvgIpc) is 3.18. The van der Waals surface area contributed by atoms with E-state index in [1.54, 1.807) is 0 Å². The smallest absolute Gasteiger partial charge is 0.240 e. The molecule has 0 spiro atoms. The molecule has 2 aromatic carbocycles. The van der Waals surface area contributed by atoms with Gasteiger partial charge >= 0.3 is 0 Å². The van der Waals surface area contributed by atoms with Crippen molar-refractivity contribution in [2.45, 2.75) is 42.3 Å². The maximum absolute atomic E-state index is 13.1. The molecule has 0 aromatic heterocycles. The van der Waals surface area contributed by atoms with E-state index >= 15 is 0 Å². The molecule has 0 saturated carbocycles. The third-order valence-electron chi connectivity index (χ3n) is 5.83. The fourth-order valence-corrected chi connectivity index (χ4v) is 5.51. The van der Waals surface area contributed by atoms with E-state index < -0.39 is 27.9 Å². The summed E-state index contributed by atoms with van der Waals surface area (Å²) in [7, 11) is -3.84. The largest absolute Gasteiger partial charge is 0.353 e. The minimum atomic E-state index is -3.84. The normalized spacial score (nSPS) is 23.4. The zero-order valence-electron chi connectivity index (χ0n) is 17.3. The van der Waals surface area contributed by atoms with Crippen LogP contribution < -0.4 is 15.4 Å². The number of fused-ring (bicyclic) bond motifs is 1. The SMILES string of the molecule is O=C(CC[C@@H]1CNC(=O)[C@@H]2C[C@H](NS(=O)(=O)c3ccc(F)cc3)CN12)Nc1ccccc1. The number of amides is 2. The van der Waals surface area contributed by atoms with Crippen molar-refractivity contribution in [2.75, 3.05) is 18.4 Å². The van der Waals surface area contributed by atoms with E-state index in [-0.39, 0.29) is 29.2 Å². The van der Waals surface area contributed by atoms with E-state index in [9.17, 15) is 22.4 Å². The van der Waals surface area contributed by atoms with Crippen molar-refractivity contribution in [3.63, 3.8) is 0 Å². The molecule has 2 saturated heterocycles. The number of halogens is 1. The van der Waals surface area contributed by atoms with Crippen LogP contribution in [-0.2, 0) is 19.6 Å². The maximum atomic E-state index is 13.1.